The van der Waals surface area contributed by atoms with Crippen LogP contribution in [0.2, 0.25) is 0 Å². The zero-order chi connectivity index (χ0) is 23.7. The van der Waals surface area contributed by atoms with Gasteiger partial charge in [0.25, 0.3) is 5.91 Å². The number of nitrogens with zero attached hydrogens (tertiary/aromatic N) is 4. The summed E-state index contributed by atoms with van der Waals surface area (Å²) in [5.74, 6) is 1.38. The summed E-state index contributed by atoms with van der Waals surface area (Å²) in [6, 6.07) is 16.7. The molecule has 0 atom stereocenters. The van der Waals surface area contributed by atoms with Crippen LogP contribution < -0.4 is 4.74 Å². The number of aromatic amines is 1. The lowest BCUT2D eigenvalue weighted by molar-refractivity contribution is -0.133. The number of H-pyrrole nitrogens is 1. The Labute approximate surface area is 200 Å². The summed E-state index contributed by atoms with van der Waals surface area (Å²) < 4.78 is 13.0. The minimum Gasteiger partial charge on any atom is -0.497 e. The van der Waals surface area contributed by atoms with Crippen LogP contribution in [0.1, 0.15) is 10.6 Å². The molecule has 0 aliphatic carbocycles. The number of hydrogen-bond donors (Lipinski definition) is 1. The van der Waals surface area contributed by atoms with Crippen LogP contribution in [0.25, 0.3) is 22.4 Å². The highest BCUT2D eigenvalue weighted by atomic mass is 32.1. The van der Waals surface area contributed by atoms with E-state index in [-0.39, 0.29) is 18.4 Å². The first-order valence-electron chi connectivity index (χ1n) is 10.9. The maximum absolute atomic E-state index is 13.0. The average molecular weight is 478 g/mol. The van der Waals surface area contributed by atoms with Crippen LogP contribution in [0.5, 0.6) is 5.75 Å². The molecule has 5 rings (SSSR count). The number of ether oxygens (including phenoxy) is 1. The topological polar surface area (TPSA) is 96.6 Å². The van der Waals surface area contributed by atoms with Gasteiger partial charge in [0, 0.05) is 37.1 Å². The lowest BCUT2D eigenvalue weighted by atomic mass is 10.2. The van der Waals surface area contributed by atoms with Crippen LogP contribution >= 0.6 is 12.2 Å². The molecule has 0 saturated carbocycles. The summed E-state index contributed by atoms with van der Waals surface area (Å²) in [5.41, 5.74) is 1.51. The highest BCUT2D eigenvalue weighted by Crippen LogP contribution is 2.22. The van der Waals surface area contributed by atoms with Crippen molar-refractivity contribution >= 4 is 35.0 Å². The Morgan fingerprint density at radius 1 is 1.06 bits per heavy atom. The minimum atomic E-state index is -0.165. The molecule has 0 radical (unpaired) electrons. The number of aromatic nitrogens is 3. The second-order valence-corrected chi connectivity index (χ2v) is 8.38. The Balaban J connectivity index is 1.24. The van der Waals surface area contributed by atoms with E-state index in [1.54, 1.807) is 27.5 Å². The molecule has 10 heteroatoms. The van der Waals surface area contributed by atoms with Gasteiger partial charge in [-0.2, -0.15) is 5.10 Å². The zero-order valence-corrected chi connectivity index (χ0v) is 19.4. The first-order valence-corrected chi connectivity index (χ1v) is 11.3. The van der Waals surface area contributed by atoms with E-state index in [0.29, 0.717) is 48.1 Å². The number of hydrogen-bond acceptors (Lipinski definition) is 6. The molecule has 174 valence electrons. The molecule has 0 bridgehead atoms. The van der Waals surface area contributed by atoms with E-state index in [1.807, 2.05) is 48.5 Å². The van der Waals surface area contributed by atoms with E-state index in [0.717, 1.165) is 16.7 Å². The van der Waals surface area contributed by atoms with Crippen molar-refractivity contribution in [2.24, 2.45) is 0 Å². The third-order valence-electron chi connectivity index (χ3n) is 5.96. The Morgan fingerprint density at radius 3 is 2.47 bits per heavy atom. The van der Waals surface area contributed by atoms with E-state index in [2.05, 4.69) is 10.2 Å². The highest BCUT2D eigenvalue weighted by molar-refractivity contribution is 7.71. The van der Waals surface area contributed by atoms with Gasteiger partial charge in [-0.05, 0) is 48.6 Å². The van der Waals surface area contributed by atoms with Gasteiger partial charge in [0.15, 0.2) is 16.4 Å². The van der Waals surface area contributed by atoms with Crippen LogP contribution in [0.4, 0.5) is 0 Å². The fourth-order valence-corrected chi connectivity index (χ4v) is 4.26. The summed E-state index contributed by atoms with van der Waals surface area (Å²) in [7, 11) is 1.60. The molecular weight excluding hydrogens is 454 g/mol. The maximum atomic E-state index is 13.0. The van der Waals surface area contributed by atoms with E-state index in [1.165, 1.54) is 0 Å². The van der Waals surface area contributed by atoms with Crippen molar-refractivity contribution in [1.82, 2.24) is 24.6 Å². The number of para-hydroxylation sites is 1. The predicted molar refractivity (Wildman–Crippen MR) is 128 cm³/mol. The van der Waals surface area contributed by atoms with E-state index in [9.17, 15) is 9.59 Å². The maximum Gasteiger partial charge on any atom is 0.289 e. The molecule has 34 heavy (non-hydrogen) atoms. The molecule has 0 spiro atoms. The van der Waals surface area contributed by atoms with Crippen LogP contribution in [0.15, 0.2) is 59.0 Å². The summed E-state index contributed by atoms with van der Waals surface area (Å²) in [6.07, 6.45) is 0. The fraction of sp³-hybridized carbons (Fsp3) is 0.250. The Morgan fingerprint density at radius 2 is 1.76 bits per heavy atom. The number of furan rings is 1. The lowest BCUT2D eigenvalue weighted by Gasteiger charge is -2.34. The number of benzene rings is 2. The number of amides is 2. The van der Waals surface area contributed by atoms with Crippen molar-refractivity contribution in [2.45, 2.75) is 6.54 Å². The first kappa shape index (κ1) is 21.9. The first-order chi connectivity index (χ1) is 16.5. The molecule has 2 amide bonds. The van der Waals surface area contributed by atoms with Gasteiger partial charge in [0.2, 0.25) is 5.91 Å². The van der Waals surface area contributed by atoms with Gasteiger partial charge in [0.05, 0.1) is 7.11 Å². The molecule has 4 aromatic rings. The van der Waals surface area contributed by atoms with Crippen molar-refractivity contribution in [3.05, 3.63) is 65.1 Å². The van der Waals surface area contributed by atoms with Gasteiger partial charge in [-0.15, -0.1) is 0 Å². The van der Waals surface area contributed by atoms with Crippen molar-refractivity contribution in [1.29, 1.82) is 0 Å². The smallest absolute Gasteiger partial charge is 0.289 e. The minimum absolute atomic E-state index is 0.0637. The molecule has 9 nitrogen and oxygen atoms in total. The summed E-state index contributed by atoms with van der Waals surface area (Å²) in [5, 5.41) is 7.96. The average Bonchev–Trinajstić information content (AvgIpc) is 3.47. The number of piperazine rings is 1. The monoisotopic (exact) mass is 477 g/mol. The van der Waals surface area contributed by atoms with Gasteiger partial charge >= 0.3 is 0 Å². The van der Waals surface area contributed by atoms with Crippen molar-refractivity contribution in [2.75, 3.05) is 33.3 Å². The quantitative estimate of drug-likeness (QED) is 0.443. The summed E-state index contributed by atoms with van der Waals surface area (Å²) >= 11 is 5.36. The molecule has 1 fully saturated rings. The molecule has 2 aromatic carbocycles. The number of carbonyl (C=O) groups excluding carboxylic acids is 2. The number of nitrogens with one attached hydrogen (secondary N) is 1. The summed E-state index contributed by atoms with van der Waals surface area (Å²) in [4.78, 5) is 29.4. The van der Waals surface area contributed by atoms with Crippen LogP contribution in [0, 0.1) is 4.77 Å². The molecule has 1 aliphatic heterocycles. The summed E-state index contributed by atoms with van der Waals surface area (Å²) in [6.45, 7) is 1.81. The molecule has 1 aliphatic rings. The molecule has 0 unspecified atom stereocenters. The third-order valence-corrected chi connectivity index (χ3v) is 6.27. The van der Waals surface area contributed by atoms with Crippen LogP contribution in [-0.2, 0) is 11.3 Å². The van der Waals surface area contributed by atoms with Crippen molar-refractivity contribution in [3.63, 3.8) is 0 Å². The molecule has 2 aromatic heterocycles. The fourth-order valence-electron chi connectivity index (χ4n) is 4.06. The molecule has 1 N–H and O–H groups in total. The standard InChI is InChI=1S/C24H23N5O4S/c1-32-18-8-6-16(7-9-18)22-25-26-24(34)29(22)15-21(30)27-10-12-28(13-11-27)23(31)20-14-17-4-2-3-5-19(17)33-20/h2-9,14H,10-13,15H2,1H3,(H,26,34). The second-order valence-electron chi connectivity index (χ2n) is 7.99. The predicted octanol–water partition coefficient (Wildman–Crippen LogP) is 3.35. The lowest BCUT2D eigenvalue weighted by Crippen LogP contribution is -2.51. The number of methoxy groups -OCH3 is 1. The SMILES string of the molecule is COc1ccc(-c2n[nH]c(=S)n2CC(=O)N2CCN(C(=O)c3cc4ccccc4o3)CC2)cc1. The molecular formula is C24H23N5O4S. The van der Waals surface area contributed by atoms with Gasteiger partial charge in [-0.1, -0.05) is 18.2 Å². The molecule has 1 saturated heterocycles. The Bertz CT molecular complexity index is 1360. The van der Waals surface area contributed by atoms with Crippen molar-refractivity contribution < 1.29 is 18.7 Å². The number of rotatable bonds is 5. The number of fused-ring (bicyclic) bond motifs is 1. The largest absolute Gasteiger partial charge is 0.497 e. The normalized spacial score (nSPS) is 13.9. The van der Waals surface area contributed by atoms with Gasteiger partial charge < -0.3 is 19.0 Å². The van der Waals surface area contributed by atoms with E-state index < -0.39 is 0 Å². The van der Waals surface area contributed by atoms with Crippen molar-refractivity contribution in [3.8, 4) is 17.1 Å². The third kappa shape index (κ3) is 4.19. The Hall–Kier alpha value is -3.92. The van der Waals surface area contributed by atoms with E-state index >= 15 is 0 Å². The van der Waals surface area contributed by atoms with E-state index in [4.69, 9.17) is 21.4 Å². The molecule has 3 heterocycles. The Kier molecular flexibility index (Phi) is 5.89. The van der Waals surface area contributed by atoms with Gasteiger partial charge in [0.1, 0.15) is 17.9 Å². The number of carbonyl (C=O) groups is 2. The van der Waals surface area contributed by atoms with Gasteiger partial charge in [-0.3, -0.25) is 19.3 Å². The van der Waals surface area contributed by atoms with Crippen LogP contribution in [-0.4, -0.2) is 69.7 Å². The zero-order valence-electron chi connectivity index (χ0n) is 18.6. The van der Waals surface area contributed by atoms with Gasteiger partial charge in [-0.25, -0.2) is 0 Å². The van der Waals surface area contributed by atoms with Crippen LogP contribution in [0.3, 0.4) is 0 Å². The second kappa shape index (κ2) is 9.14. The highest BCUT2D eigenvalue weighted by Gasteiger charge is 2.27.